The van der Waals surface area contributed by atoms with E-state index >= 15 is 0 Å². The Hall–Kier alpha value is -1.68. The SMILES string of the molecule is Cc1cnn(-c2ccccc2CCCO)n1. The molecule has 0 saturated carbocycles. The third-order valence-electron chi connectivity index (χ3n) is 2.42. The molecular weight excluding hydrogens is 202 g/mol. The average Bonchev–Trinajstić information content (AvgIpc) is 2.73. The van der Waals surface area contributed by atoms with E-state index in [1.807, 2.05) is 31.2 Å². The van der Waals surface area contributed by atoms with E-state index in [2.05, 4.69) is 10.2 Å². The van der Waals surface area contributed by atoms with Crippen molar-refractivity contribution in [3.05, 3.63) is 41.7 Å². The number of nitrogens with zero attached hydrogens (tertiary/aromatic N) is 3. The molecule has 0 unspecified atom stereocenters. The van der Waals surface area contributed by atoms with Gasteiger partial charge in [0.2, 0.25) is 0 Å². The zero-order chi connectivity index (χ0) is 11.4. The molecule has 1 N–H and O–H groups in total. The van der Waals surface area contributed by atoms with Gasteiger partial charge in [-0.1, -0.05) is 18.2 Å². The Morgan fingerprint density at radius 1 is 1.31 bits per heavy atom. The summed E-state index contributed by atoms with van der Waals surface area (Å²) in [6.07, 6.45) is 3.34. The van der Waals surface area contributed by atoms with Crippen molar-refractivity contribution < 1.29 is 5.11 Å². The van der Waals surface area contributed by atoms with E-state index in [0.29, 0.717) is 0 Å². The maximum absolute atomic E-state index is 8.86. The maximum Gasteiger partial charge on any atom is 0.0888 e. The molecule has 0 bridgehead atoms. The number of aromatic nitrogens is 3. The lowest BCUT2D eigenvalue weighted by molar-refractivity contribution is 0.288. The van der Waals surface area contributed by atoms with Gasteiger partial charge in [-0.2, -0.15) is 15.0 Å². The van der Waals surface area contributed by atoms with Crippen molar-refractivity contribution in [1.82, 2.24) is 15.0 Å². The Morgan fingerprint density at radius 2 is 2.12 bits per heavy atom. The molecule has 0 amide bonds. The van der Waals surface area contributed by atoms with Gasteiger partial charge >= 0.3 is 0 Å². The summed E-state index contributed by atoms with van der Waals surface area (Å²) in [4.78, 5) is 1.64. The van der Waals surface area contributed by atoms with Crippen LogP contribution in [-0.2, 0) is 6.42 Å². The summed E-state index contributed by atoms with van der Waals surface area (Å²) in [5.74, 6) is 0. The summed E-state index contributed by atoms with van der Waals surface area (Å²) in [6, 6.07) is 8.00. The van der Waals surface area contributed by atoms with E-state index in [1.165, 1.54) is 0 Å². The van der Waals surface area contributed by atoms with E-state index < -0.39 is 0 Å². The number of aryl methyl sites for hydroxylation is 2. The summed E-state index contributed by atoms with van der Waals surface area (Å²) < 4.78 is 0. The molecule has 84 valence electrons. The molecule has 0 aliphatic carbocycles. The van der Waals surface area contributed by atoms with E-state index in [1.54, 1.807) is 11.0 Å². The number of aliphatic hydroxyl groups excluding tert-OH is 1. The van der Waals surface area contributed by atoms with Crippen molar-refractivity contribution in [2.45, 2.75) is 19.8 Å². The van der Waals surface area contributed by atoms with Gasteiger partial charge in [0.1, 0.15) is 0 Å². The summed E-state index contributed by atoms with van der Waals surface area (Å²) in [7, 11) is 0. The summed E-state index contributed by atoms with van der Waals surface area (Å²) in [6.45, 7) is 2.12. The van der Waals surface area contributed by atoms with Gasteiger partial charge in [0.25, 0.3) is 0 Å². The molecule has 4 nitrogen and oxygen atoms in total. The van der Waals surface area contributed by atoms with Crippen LogP contribution in [0.2, 0.25) is 0 Å². The standard InChI is InChI=1S/C12H15N3O/c1-10-9-13-15(14-10)12-7-3-2-5-11(12)6-4-8-16/h2-3,5,7,9,16H,4,6,8H2,1H3. The second-order valence-electron chi connectivity index (χ2n) is 3.73. The van der Waals surface area contributed by atoms with Crippen LogP contribution in [0.4, 0.5) is 0 Å². The van der Waals surface area contributed by atoms with Crippen LogP contribution in [-0.4, -0.2) is 26.7 Å². The molecule has 0 radical (unpaired) electrons. The fraction of sp³-hybridized carbons (Fsp3) is 0.333. The Kier molecular flexibility index (Phi) is 3.31. The smallest absolute Gasteiger partial charge is 0.0888 e. The zero-order valence-electron chi connectivity index (χ0n) is 9.30. The average molecular weight is 217 g/mol. The number of hydrogen-bond donors (Lipinski definition) is 1. The van der Waals surface area contributed by atoms with Crippen LogP contribution in [0.15, 0.2) is 30.5 Å². The normalized spacial score (nSPS) is 10.6. The van der Waals surface area contributed by atoms with Crippen molar-refractivity contribution in [3.8, 4) is 5.69 Å². The van der Waals surface area contributed by atoms with Gasteiger partial charge in [0.05, 0.1) is 17.6 Å². The molecule has 1 heterocycles. The first-order valence-corrected chi connectivity index (χ1v) is 5.39. The van der Waals surface area contributed by atoms with E-state index in [4.69, 9.17) is 5.11 Å². The molecule has 0 fully saturated rings. The van der Waals surface area contributed by atoms with Crippen molar-refractivity contribution in [3.63, 3.8) is 0 Å². The highest BCUT2D eigenvalue weighted by atomic mass is 16.2. The quantitative estimate of drug-likeness (QED) is 0.844. The summed E-state index contributed by atoms with van der Waals surface area (Å²) in [5.41, 5.74) is 3.05. The van der Waals surface area contributed by atoms with Crippen LogP contribution in [0.1, 0.15) is 17.7 Å². The number of benzene rings is 1. The van der Waals surface area contributed by atoms with Gasteiger partial charge in [-0.25, -0.2) is 0 Å². The Balaban J connectivity index is 2.32. The molecule has 16 heavy (non-hydrogen) atoms. The lowest BCUT2D eigenvalue weighted by atomic mass is 10.1. The molecule has 2 aromatic rings. The van der Waals surface area contributed by atoms with Crippen LogP contribution in [0, 0.1) is 6.92 Å². The lowest BCUT2D eigenvalue weighted by Crippen LogP contribution is -2.04. The van der Waals surface area contributed by atoms with E-state index in [-0.39, 0.29) is 6.61 Å². The minimum Gasteiger partial charge on any atom is -0.396 e. The summed E-state index contributed by atoms with van der Waals surface area (Å²) in [5, 5.41) is 17.3. The largest absolute Gasteiger partial charge is 0.396 e. The van der Waals surface area contributed by atoms with Crippen molar-refractivity contribution >= 4 is 0 Å². The van der Waals surface area contributed by atoms with Gasteiger partial charge in [0.15, 0.2) is 0 Å². The Morgan fingerprint density at radius 3 is 2.81 bits per heavy atom. The second kappa shape index (κ2) is 4.90. The molecule has 4 heteroatoms. The maximum atomic E-state index is 8.86. The number of para-hydroxylation sites is 1. The first-order valence-electron chi connectivity index (χ1n) is 5.39. The van der Waals surface area contributed by atoms with Gasteiger partial charge in [-0.05, 0) is 31.4 Å². The predicted octanol–water partition coefficient (Wildman–Crippen LogP) is 1.50. The second-order valence-corrected chi connectivity index (χ2v) is 3.73. The highest BCUT2D eigenvalue weighted by Crippen LogP contribution is 2.14. The fourth-order valence-electron chi connectivity index (χ4n) is 1.64. The zero-order valence-corrected chi connectivity index (χ0v) is 9.30. The van der Waals surface area contributed by atoms with Crippen LogP contribution in [0.3, 0.4) is 0 Å². The molecular formula is C12H15N3O. The molecule has 0 saturated heterocycles. The fourth-order valence-corrected chi connectivity index (χ4v) is 1.64. The van der Waals surface area contributed by atoms with Crippen molar-refractivity contribution in [2.75, 3.05) is 6.61 Å². The van der Waals surface area contributed by atoms with Gasteiger partial charge in [0, 0.05) is 6.61 Å². The van der Waals surface area contributed by atoms with Crippen molar-refractivity contribution in [1.29, 1.82) is 0 Å². The third kappa shape index (κ3) is 2.28. The Bertz CT molecular complexity index is 465. The third-order valence-corrected chi connectivity index (χ3v) is 2.42. The minimum atomic E-state index is 0.208. The van der Waals surface area contributed by atoms with Gasteiger partial charge < -0.3 is 5.11 Å². The first kappa shape index (κ1) is 10.8. The number of aliphatic hydroxyl groups is 1. The molecule has 0 aliphatic heterocycles. The lowest BCUT2D eigenvalue weighted by Gasteiger charge is -2.07. The highest BCUT2D eigenvalue weighted by molar-refractivity contribution is 5.39. The summed E-state index contributed by atoms with van der Waals surface area (Å²) >= 11 is 0. The minimum absolute atomic E-state index is 0.208. The Labute approximate surface area is 94.5 Å². The molecule has 0 aliphatic rings. The van der Waals surface area contributed by atoms with Gasteiger partial charge in [-0.3, -0.25) is 0 Å². The van der Waals surface area contributed by atoms with Crippen LogP contribution >= 0.6 is 0 Å². The topological polar surface area (TPSA) is 50.9 Å². The number of rotatable bonds is 4. The van der Waals surface area contributed by atoms with Crippen LogP contribution < -0.4 is 0 Å². The first-order chi connectivity index (χ1) is 7.81. The van der Waals surface area contributed by atoms with Gasteiger partial charge in [-0.15, -0.1) is 0 Å². The monoisotopic (exact) mass is 217 g/mol. The predicted molar refractivity (Wildman–Crippen MR) is 61.5 cm³/mol. The van der Waals surface area contributed by atoms with Crippen LogP contribution in [0.25, 0.3) is 5.69 Å². The molecule has 0 atom stereocenters. The van der Waals surface area contributed by atoms with E-state index in [9.17, 15) is 0 Å². The molecule has 1 aromatic heterocycles. The highest BCUT2D eigenvalue weighted by Gasteiger charge is 2.05. The molecule has 2 rings (SSSR count). The number of hydrogen-bond acceptors (Lipinski definition) is 3. The molecule has 1 aromatic carbocycles. The van der Waals surface area contributed by atoms with Crippen LogP contribution in [0.5, 0.6) is 0 Å². The van der Waals surface area contributed by atoms with Crippen molar-refractivity contribution in [2.24, 2.45) is 0 Å². The van der Waals surface area contributed by atoms with E-state index in [0.717, 1.165) is 29.8 Å². The molecule has 0 spiro atoms.